The second-order valence-electron chi connectivity index (χ2n) is 3.03. The minimum atomic E-state index is 0.199. The number of thiazole rings is 1. The predicted octanol–water partition coefficient (Wildman–Crippen LogP) is 2.24. The second-order valence-corrected chi connectivity index (χ2v) is 3.89. The number of nitrogens with zero attached hydrogens (tertiary/aromatic N) is 1. The number of aromatic nitrogens is 1. The highest BCUT2D eigenvalue weighted by Crippen LogP contribution is 2.22. The summed E-state index contributed by atoms with van der Waals surface area (Å²) in [6, 6.07) is 0. The molecule has 0 saturated carbocycles. The van der Waals surface area contributed by atoms with Gasteiger partial charge in [-0.1, -0.05) is 20.8 Å². The van der Waals surface area contributed by atoms with Crippen LogP contribution in [0.1, 0.15) is 25.8 Å². The van der Waals surface area contributed by atoms with Crippen LogP contribution >= 0.6 is 11.3 Å². The largest absolute Gasteiger partial charge is 0.239 e. The molecule has 0 aromatic carbocycles. The molecule has 0 unspecified atom stereocenters. The summed E-state index contributed by atoms with van der Waals surface area (Å²) in [7, 11) is 0. The summed E-state index contributed by atoms with van der Waals surface area (Å²) >= 11 is 1.66. The molecule has 0 spiro atoms. The van der Waals surface area contributed by atoms with E-state index in [1.165, 1.54) is 0 Å². The van der Waals surface area contributed by atoms with Gasteiger partial charge in [-0.05, 0) is 0 Å². The van der Waals surface area contributed by atoms with Crippen molar-refractivity contribution in [3.05, 3.63) is 16.6 Å². The van der Waals surface area contributed by atoms with Crippen LogP contribution in [0.3, 0.4) is 0 Å². The molecule has 1 aromatic heterocycles. The van der Waals surface area contributed by atoms with E-state index in [1.807, 2.05) is 5.38 Å². The van der Waals surface area contributed by atoms with Crippen molar-refractivity contribution in [1.29, 1.82) is 0 Å². The summed E-state index contributed by atoms with van der Waals surface area (Å²) < 4.78 is 0. The van der Waals surface area contributed by atoms with Crippen LogP contribution in [0, 0.1) is 6.20 Å². The van der Waals surface area contributed by atoms with Gasteiger partial charge in [0.2, 0.25) is 0 Å². The molecule has 0 aliphatic heterocycles. The van der Waals surface area contributed by atoms with Gasteiger partial charge in [0.25, 0.3) is 0 Å². The molecule has 1 rings (SSSR count). The van der Waals surface area contributed by atoms with Gasteiger partial charge in [0.1, 0.15) is 6.20 Å². The molecule has 0 atom stereocenters. The normalized spacial score (nSPS) is 11.9. The Balaban J connectivity index is 2.90. The van der Waals surface area contributed by atoms with Gasteiger partial charge in [-0.15, -0.1) is 11.3 Å². The molecule has 1 nitrogen and oxygen atoms in total. The standard InChI is InChI=1S/C7H10NS/c1-7(2,3)6-8-4-5-9-6/h5H,1-3H3. The summed E-state index contributed by atoms with van der Waals surface area (Å²) in [6.07, 6.45) is 2.80. The van der Waals surface area contributed by atoms with Gasteiger partial charge >= 0.3 is 0 Å². The average Bonchev–Trinajstić information content (AvgIpc) is 2.08. The van der Waals surface area contributed by atoms with Crippen molar-refractivity contribution in [3.63, 3.8) is 0 Å². The zero-order valence-corrected chi connectivity index (χ0v) is 6.75. The third-order valence-electron chi connectivity index (χ3n) is 1.03. The predicted molar refractivity (Wildman–Crippen MR) is 39.7 cm³/mol. The highest BCUT2D eigenvalue weighted by molar-refractivity contribution is 7.09. The minimum absolute atomic E-state index is 0.199. The molecule has 0 bridgehead atoms. The second kappa shape index (κ2) is 2.10. The van der Waals surface area contributed by atoms with E-state index in [2.05, 4.69) is 32.0 Å². The van der Waals surface area contributed by atoms with Crippen LogP contribution in [0.2, 0.25) is 0 Å². The maximum atomic E-state index is 4.08. The molecule has 49 valence electrons. The Morgan fingerprint density at radius 1 is 1.56 bits per heavy atom. The summed E-state index contributed by atoms with van der Waals surface area (Å²) in [5.74, 6) is 0. The van der Waals surface area contributed by atoms with Crippen LogP contribution in [-0.2, 0) is 5.41 Å². The first-order valence-corrected chi connectivity index (χ1v) is 3.81. The number of hydrogen-bond donors (Lipinski definition) is 0. The molecule has 0 saturated heterocycles. The van der Waals surface area contributed by atoms with Gasteiger partial charge in [0, 0.05) is 10.8 Å². The van der Waals surface area contributed by atoms with Gasteiger partial charge in [0.15, 0.2) is 0 Å². The fraction of sp³-hybridized carbons (Fsp3) is 0.571. The van der Waals surface area contributed by atoms with E-state index < -0.39 is 0 Å². The van der Waals surface area contributed by atoms with Crippen LogP contribution in [0.5, 0.6) is 0 Å². The van der Waals surface area contributed by atoms with Crippen molar-refractivity contribution in [2.24, 2.45) is 0 Å². The van der Waals surface area contributed by atoms with Crippen molar-refractivity contribution >= 4 is 11.3 Å². The smallest absolute Gasteiger partial charge is 0.101 e. The first-order chi connectivity index (χ1) is 4.11. The van der Waals surface area contributed by atoms with Crippen LogP contribution in [0.4, 0.5) is 0 Å². The lowest BCUT2D eigenvalue weighted by atomic mass is 9.98. The average molecular weight is 140 g/mol. The highest BCUT2D eigenvalue weighted by Gasteiger charge is 2.15. The van der Waals surface area contributed by atoms with Crippen LogP contribution in [-0.4, -0.2) is 4.98 Å². The lowest BCUT2D eigenvalue weighted by molar-refractivity contribution is 0.585. The first kappa shape index (κ1) is 6.75. The molecule has 0 N–H and O–H groups in total. The Morgan fingerprint density at radius 3 is 2.44 bits per heavy atom. The fourth-order valence-electron chi connectivity index (χ4n) is 0.538. The third kappa shape index (κ3) is 1.52. The Bertz CT molecular complexity index is 171. The molecule has 1 aromatic rings. The van der Waals surface area contributed by atoms with E-state index in [9.17, 15) is 0 Å². The molecular weight excluding hydrogens is 130 g/mol. The summed E-state index contributed by atoms with van der Waals surface area (Å²) in [5.41, 5.74) is 0.199. The number of hydrogen-bond acceptors (Lipinski definition) is 2. The number of rotatable bonds is 0. The molecular formula is C7H10NS. The molecule has 2 heteroatoms. The summed E-state index contributed by atoms with van der Waals surface area (Å²) in [4.78, 5) is 4.08. The van der Waals surface area contributed by atoms with Crippen LogP contribution < -0.4 is 0 Å². The van der Waals surface area contributed by atoms with Crippen LogP contribution in [0.25, 0.3) is 0 Å². The van der Waals surface area contributed by atoms with Gasteiger partial charge in [0.05, 0.1) is 5.01 Å². The van der Waals surface area contributed by atoms with E-state index in [0.29, 0.717) is 0 Å². The summed E-state index contributed by atoms with van der Waals surface area (Å²) in [6.45, 7) is 6.46. The summed E-state index contributed by atoms with van der Waals surface area (Å²) in [5, 5.41) is 3.04. The monoisotopic (exact) mass is 140 g/mol. The molecule has 0 amide bonds. The Labute approximate surface area is 59.8 Å². The quantitative estimate of drug-likeness (QED) is 0.538. The van der Waals surface area contributed by atoms with Crippen LogP contribution in [0.15, 0.2) is 5.38 Å². The molecule has 9 heavy (non-hydrogen) atoms. The molecule has 0 aliphatic rings. The maximum absolute atomic E-state index is 4.08. The maximum Gasteiger partial charge on any atom is 0.101 e. The van der Waals surface area contributed by atoms with E-state index in [1.54, 1.807) is 11.3 Å². The van der Waals surface area contributed by atoms with Gasteiger partial charge in [-0.2, -0.15) is 0 Å². The van der Waals surface area contributed by atoms with E-state index in [-0.39, 0.29) is 5.41 Å². The van der Waals surface area contributed by atoms with E-state index in [0.717, 1.165) is 5.01 Å². The highest BCUT2D eigenvalue weighted by atomic mass is 32.1. The van der Waals surface area contributed by atoms with Crippen molar-refractivity contribution in [1.82, 2.24) is 4.98 Å². The zero-order chi connectivity index (χ0) is 6.91. The molecule has 0 fully saturated rings. The van der Waals surface area contributed by atoms with E-state index in [4.69, 9.17) is 0 Å². The van der Waals surface area contributed by atoms with Crippen molar-refractivity contribution < 1.29 is 0 Å². The van der Waals surface area contributed by atoms with Crippen molar-refractivity contribution in [3.8, 4) is 0 Å². The Hall–Kier alpha value is -0.370. The van der Waals surface area contributed by atoms with Gasteiger partial charge in [-0.3, -0.25) is 0 Å². The minimum Gasteiger partial charge on any atom is -0.239 e. The lowest BCUT2D eigenvalue weighted by Crippen LogP contribution is -2.09. The Morgan fingerprint density at radius 2 is 2.22 bits per heavy atom. The third-order valence-corrected chi connectivity index (χ3v) is 2.18. The van der Waals surface area contributed by atoms with Gasteiger partial charge < -0.3 is 0 Å². The SMILES string of the molecule is CC(C)(C)c1n[c]cs1. The molecule has 0 aliphatic carbocycles. The topological polar surface area (TPSA) is 12.9 Å². The molecule has 1 heterocycles. The lowest BCUT2D eigenvalue weighted by Gasteiger charge is -2.12. The molecule has 1 radical (unpaired) electrons. The zero-order valence-electron chi connectivity index (χ0n) is 5.93. The fourth-order valence-corrected chi connectivity index (χ4v) is 1.21. The van der Waals surface area contributed by atoms with Crippen molar-refractivity contribution in [2.75, 3.05) is 0 Å². The van der Waals surface area contributed by atoms with E-state index >= 15 is 0 Å². The first-order valence-electron chi connectivity index (χ1n) is 2.93. The Kier molecular flexibility index (Phi) is 1.58. The van der Waals surface area contributed by atoms with Crippen molar-refractivity contribution in [2.45, 2.75) is 26.2 Å². The van der Waals surface area contributed by atoms with Gasteiger partial charge in [-0.25, -0.2) is 4.98 Å².